The number of nitrogens with one attached hydrogen (secondary N) is 1. The fraction of sp³-hybridized carbons (Fsp3) is 0.389. The molecular formula is C18H22N2O2S2. The smallest absolute Gasteiger partial charge is 0.234 e. The van der Waals surface area contributed by atoms with Crippen molar-refractivity contribution in [2.24, 2.45) is 0 Å². The van der Waals surface area contributed by atoms with E-state index in [2.05, 4.69) is 15.1 Å². The Morgan fingerprint density at radius 2 is 1.92 bits per heavy atom. The molecule has 1 aromatic heterocycles. The van der Waals surface area contributed by atoms with E-state index in [1.165, 1.54) is 48.8 Å². The van der Waals surface area contributed by atoms with Crippen LogP contribution in [0.5, 0.6) is 0 Å². The van der Waals surface area contributed by atoms with Crippen molar-refractivity contribution in [3.05, 3.63) is 57.4 Å². The van der Waals surface area contributed by atoms with Gasteiger partial charge in [-0.15, -0.1) is 11.3 Å². The van der Waals surface area contributed by atoms with Crippen LogP contribution in [-0.2, 0) is 16.6 Å². The van der Waals surface area contributed by atoms with E-state index < -0.39 is 10.0 Å². The first-order valence-corrected chi connectivity index (χ1v) is 10.7. The molecule has 1 aliphatic rings. The lowest BCUT2D eigenvalue weighted by Crippen LogP contribution is -2.20. The Hall–Kier alpha value is -1.50. The highest BCUT2D eigenvalue weighted by Crippen LogP contribution is 2.33. The third-order valence-electron chi connectivity index (χ3n) is 4.26. The minimum Gasteiger partial charge on any atom is -0.245 e. The monoisotopic (exact) mass is 362 g/mol. The highest BCUT2D eigenvalue weighted by Gasteiger charge is 2.18. The maximum atomic E-state index is 12.1. The Bertz CT molecular complexity index is 776. The fourth-order valence-corrected chi connectivity index (χ4v) is 4.61. The first kappa shape index (κ1) is 17.3. The normalized spacial score (nSPS) is 16.7. The topological polar surface area (TPSA) is 59.1 Å². The predicted octanol–water partition coefficient (Wildman–Crippen LogP) is 4.28. The number of sulfonamides is 1. The van der Waals surface area contributed by atoms with Gasteiger partial charge in [-0.05, 0) is 24.5 Å². The zero-order chi connectivity index (χ0) is 16.8. The van der Waals surface area contributed by atoms with Crippen molar-refractivity contribution in [1.82, 2.24) is 9.71 Å². The van der Waals surface area contributed by atoms with Crippen molar-refractivity contribution in [2.75, 3.05) is 0 Å². The molecule has 3 rings (SSSR count). The number of nitrogens with zero attached hydrogens (tertiary/aromatic N) is 1. The second-order valence-corrected chi connectivity index (χ2v) is 8.67. The molecule has 0 amide bonds. The zero-order valence-corrected chi connectivity index (χ0v) is 15.2. The van der Waals surface area contributed by atoms with Crippen LogP contribution in [0.2, 0.25) is 0 Å². The molecule has 1 aromatic carbocycles. The van der Waals surface area contributed by atoms with Gasteiger partial charge in [0.2, 0.25) is 10.0 Å². The van der Waals surface area contributed by atoms with Gasteiger partial charge in [0, 0.05) is 16.7 Å². The average molecular weight is 363 g/mol. The van der Waals surface area contributed by atoms with Gasteiger partial charge in [-0.2, -0.15) is 0 Å². The Morgan fingerprint density at radius 3 is 2.67 bits per heavy atom. The van der Waals surface area contributed by atoms with Crippen molar-refractivity contribution >= 4 is 27.4 Å². The van der Waals surface area contributed by atoms with Crippen LogP contribution in [0.25, 0.3) is 6.08 Å². The van der Waals surface area contributed by atoms with Crippen LogP contribution in [0, 0.1) is 0 Å². The first-order chi connectivity index (χ1) is 11.6. The van der Waals surface area contributed by atoms with Gasteiger partial charge in [-0.25, -0.2) is 18.1 Å². The van der Waals surface area contributed by atoms with E-state index >= 15 is 0 Å². The number of benzene rings is 1. The molecule has 6 heteroatoms. The van der Waals surface area contributed by atoms with E-state index in [0.29, 0.717) is 5.92 Å². The summed E-state index contributed by atoms with van der Waals surface area (Å²) in [6.07, 6.45) is 7.87. The largest absolute Gasteiger partial charge is 0.245 e. The van der Waals surface area contributed by atoms with Gasteiger partial charge in [0.25, 0.3) is 0 Å². The number of hydrogen-bond acceptors (Lipinski definition) is 4. The van der Waals surface area contributed by atoms with Crippen molar-refractivity contribution in [3.8, 4) is 0 Å². The summed E-state index contributed by atoms with van der Waals surface area (Å²) in [6, 6.07) is 9.38. The molecule has 1 fully saturated rings. The summed E-state index contributed by atoms with van der Waals surface area (Å²) in [5.41, 5.74) is 1.99. The van der Waals surface area contributed by atoms with Gasteiger partial charge in [-0.1, -0.05) is 49.6 Å². The van der Waals surface area contributed by atoms with E-state index in [4.69, 9.17) is 0 Å². The second kappa shape index (κ2) is 8.05. The standard InChI is InChI=1S/C18H22N2O2S2/c21-24(22,12-11-15-7-3-1-4-8-15)19-13-18-20-17(14-23-18)16-9-5-2-6-10-16/h1,3-4,7-8,11-12,14,16,19H,2,5-6,9-10,13H2. The van der Waals surface area contributed by atoms with E-state index in [0.717, 1.165) is 16.3 Å². The maximum absolute atomic E-state index is 12.1. The number of thiazole rings is 1. The van der Waals surface area contributed by atoms with Crippen molar-refractivity contribution in [3.63, 3.8) is 0 Å². The van der Waals surface area contributed by atoms with Crippen LogP contribution in [0.4, 0.5) is 0 Å². The van der Waals surface area contributed by atoms with Gasteiger partial charge in [0.05, 0.1) is 12.2 Å². The van der Waals surface area contributed by atoms with Crippen molar-refractivity contribution in [2.45, 2.75) is 44.6 Å². The van der Waals surface area contributed by atoms with Crippen molar-refractivity contribution in [1.29, 1.82) is 0 Å². The Kier molecular flexibility index (Phi) is 5.81. The molecule has 0 bridgehead atoms. The molecule has 128 valence electrons. The molecule has 4 nitrogen and oxygen atoms in total. The molecule has 1 N–H and O–H groups in total. The van der Waals surface area contributed by atoms with Gasteiger partial charge >= 0.3 is 0 Å². The highest BCUT2D eigenvalue weighted by molar-refractivity contribution is 7.92. The summed E-state index contributed by atoms with van der Waals surface area (Å²) in [4.78, 5) is 4.62. The molecule has 0 saturated heterocycles. The molecule has 2 aromatic rings. The van der Waals surface area contributed by atoms with Crippen LogP contribution in [0.1, 0.15) is 54.3 Å². The first-order valence-electron chi connectivity index (χ1n) is 8.29. The molecule has 0 unspecified atom stereocenters. The molecule has 0 spiro atoms. The van der Waals surface area contributed by atoms with Gasteiger partial charge in [0.15, 0.2) is 0 Å². The van der Waals surface area contributed by atoms with Crippen LogP contribution in [0.3, 0.4) is 0 Å². The zero-order valence-electron chi connectivity index (χ0n) is 13.5. The summed E-state index contributed by atoms with van der Waals surface area (Å²) in [5.74, 6) is 0.554. The molecule has 1 heterocycles. The minimum absolute atomic E-state index is 0.249. The van der Waals surface area contributed by atoms with Gasteiger partial charge in [-0.3, -0.25) is 0 Å². The number of aromatic nitrogens is 1. The van der Waals surface area contributed by atoms with E-state index in [1.807, 2.05) is 30.3 Å². The third-order valence-corrected chi connectivity index (χ3v) is 6.16. The summed E-state index contributed by atoms with van der Waals surface area (Å²) >= 11 is 1.54. The molecular weight excluding hydrogens is 340 g/mol. The quantitative estimate of drug-likeness (QED) is 0.834. The lowest BCUT2D eigenvalue weighted by Gasteiger charge is -2.19. The SMILES string of the molecule is O=S(=O)(C=Cc1ccccc1)NCc1nc(C2CCCCC2)cs1. The second-order valence-electron chi connectivity index (χ2n) is 6.08. The van der Waals surface area contributed by atoms with E-state index in [1.54, 1.807) is 6.08 Å². The van der Waals surface area contributed by atoms with E-state index in [-0.39, 0.29) is 6.54 Å². The number of rotatable bonds is 6. The third kappa shape index (κ3) is 5.00. The lowest BCUT2D eigenvalue weighted by atomic mass is 9.87. The Labute approximate surface area is 147 Å². The molecule has 0 atom stereocenters. The molecule has 0 radical (unpaired) electrons. The molecule has 0 aliphatic heterocycles. The van der Waals surface area contributed by atoms with Crippen LogP contribution in [0.15, 0.2) is 41.1 Å². The molecule has 1 aliphatic carbocycles. The lowest BCUT2D eigenvalue weighted by molar-refractivity contribution is 0.437. The molecule has 1 saturated carbocycles. The Balaban J connectivity index is 1.56. The van der Waals surface area contributed by atoms with Crippen LogP contribution < -0.4 is 4.72 Å². The van der Waals surface area contributed by atoms with Gasteiger partial charge < -0.3 is 0 Å². The van der Waals surface area contributed by atoms with Crippen LogP contribution >= 0.6 is 11.3 Å². The predicted molar refractivity (Wildman–Crippen MR) is 99.2 cm³/mol. The summed E-state index contributed by atoms with van der Waals surface area (Å²) in [6.45, 7) is 0.249. The van der Waals surface area contributed by atoms with Gasteiger partial charge in [0.1, 0.15) is 5.01 Å². The van der Waals surface area contributed by atoms with E-state index in [9.17, 15) is 8.42 Å². The minimum atomic E-state index is -3.46. The number of hydrogen-bond donors (Lipinski definition) is 1. The summed E-state index contributed by atoms with van der Waals surface area (Å²) < 4.78 is 26.7. The summed E-state index contributed by atoms with van der Waals surface area (Å²) in [5, 5.41) is 4.12. The van der Waals surface area contributed by atoms with Crippen molar-refractivity contribution < 1.29 is 8.42 Å². The summed E-state index contributed by atoms with van der Waals surface area (Å²) in [7, 11) is -3.46. The maximum Gasteiger partial charge on any atom is 0.234 e. The highest BCUT2D eigenvalue weighted by atomic mass is 32.2. The Morgan fingerprint density at radius 1 is 1.17 bits per heavy atom. The van der Waals surface area contributed by atoms with Crippen LogP contribution in [-0.4, -0.2) is 13.4 Å². The molecule has 24 heavy (non-hydrogen) atoms. The fourth-order valence-electron chi connectivity index (χ4n) is 2.93. The average Bonchev–Trinajstić information content (AvgIpc) is 3.09.